The second kappa shape index (κ2) is 14.1. The van der Waals surface area contributed by atoms with Crippen LogP contribution in [0.2, 0.25) is 0 Å². The van der Waals surface area contributed by atoms with Gasteiger partial charge >= 0.3 is 0 Å². The van der Waals surface area contributed by atoms with Crippen molar-refractivity contribution in [2.45, 2.75) is 59.8 Å². The Balaban J connectivity index is 1.63. The van der Waals surface area contributed by atoms with E-state index in [1.807, 2.05) is 57.3 Å². The molecule has 0 fully saturated rings. The van der Waals surface area contributed by atoms with Gasteiger partial charge in [0.1, 0.15) is 5.69 Å². The smallest absolute Gasteiger partial charge is 0.267 e. The van der Waals surface area contributed by atoms with E-state index in [0.29, 0.717) is 18.2 Å². The molecule has 0 spiro atoms. The SMILES string of the molecule is C/C=C(\N=CCC)c1ccnc(Nc2cc(C)c3[nH]c(C(=O)NCCCCCOCCC)cc3c2)n1. The summed E-state index contributed by atoms with van der Waals surface area (Å²) in [6.07, 6.45) is 10.4. The van der Waals surface area contributed by atoms with Crippen molar-refractivity contribution in [2.24, 2.45) is 4.99 Å². The molecular formula is C28H38N6O2. The average molecular weight is 491 g/mol. The maximum Gasteiger partial charge on any atom is 0.267 e. The molecule has 0 atom stereocenters. The lowest BCUT2D eigenvalue weighted by molar-refractivity contribution is 0.0948. The summed E-state index contributed by atoms with van der Waals surface area (Å²) in [5.74, 6) is 0.399. The number of aromatic nitrogens is 3. The Morgan fingerprint density at radius 1 is 1.17 bits per heavy atom. The number of nitrogens with one attached hydrogen (secondary N) is 3. The quantitative estimate of drug-likeness (QED) is 0.185. The predicted octanol–water partition coefficient (Wildman–Crippen LogP) is 6.18. The highest BCUT2D eigenvalue weighted by Crippen LogP contribution is 2.26. The van der Waals surface area contributed by atoms with Gasteiger partial charge in [-0.3, -0.25) is 9.79 Å². The molecule has 1 amide bonds. The van der Waals surface area contributed by atoms with Gasteiger partial charge in [0.2, 0.25) is 5.95 Å². The zero-order valence-electron chi connectivity index (χ0n) is 21.9. The van der Waals surface area contributed by atoms with Gasteiger partial charge in [-0.1, -0.05) is 19.9 Å². The Hall–Kier alpha value is -3.52. The first-order valence-corrected chi connectivity index (χ1v) is 12.8. The molecule has 3 aromatic rings. The van der Waals surface area contributed by atoms with E-state index in [2.05, 4.69) is 37.5 Å². The summed E-state index contributed by atoms with van der Waals surface area (Å²) in [4.78, 5) is 29.4. The number of carbonyl (C=O) groups is 1. The lowest BCUT2D eigenvalue weighted by atomic mass is 10.1. The predicted molar refractivity (Wildman–Crippen MR) is 148 cm³/mol. The third kappa shape index (κ3) is 7.75. The number of nitrogens with zero attached hydrogens (tertiary/aromatic N) is 3. The number of benzene rings is 1. The minimum atomic E-state index is -0.0927. The van der Waals surface area contributed by atoms with Gasteiger partial charge in [-0.05, 0) is 75.8 Å². The number of carbonyl (C=O) groups excluding carboxylic acids is 1. The summed E-state index contributed by atoms with van der Waals surface area (Å²) in [5.41, 5.74) is 4.94. The third-order valence-corrected chi connectivity index (χ3v) is 5.63. The highest BCUT2D eigenvalue weighted by molar-refractivity contribution is 5.99. The molecule has 1 aromatic carbocycles. The maximum absolute atomic E-state index is 12.7. The van der Waals surface area contributed by atoms with Crippen LogP contribution in [0.25, 0.3) is 16.6 Å². The number of fused-ring (bicyclic) bond motifs is 1. The van der Waals surface area contributed by atoms with Crippen molar-refractivity contribution < 1.29 is 9.53 Å². The number of rotatable bonds is 14. The molecule has 0 bridgehead atoms. The monoisotopic (exact) mass is 490 g/mol. The molecule has 192 valence electrons. The summed E-state index contributed by atoms with van der Waals surface area (Å²) in [7, 11) is 0. The standard InChI is InChI=1S/C28H38N6O2/c1-5-12-29-23(7-3)24-11-14-31-28(34-24)32-22-17-20(4)26-21(18-22)19-25(33-26)27(35)30-13-9-8-10-16-36-15-6-2/h7,11-12,14,17-19,33H,5-6,8-10,13,15-16H2,1-4H3,(H,30,35)(H,31,32,34)/b23-7-,29-12?. The lowest BCUT2D eigenvalue weighted by Crippen LogP contribution is -2.24. The minimum absolute atomic E-state index is 0.0927. The van der Waals surface area contributed by atoms with E-state index in [0.717, 1.165) is 78.9 Å². The number of anilines is 2. The average Bonchev–Trinajstić information content (AvgIpc) is 3.31. The van der Waals surface area contributed by atoms with Crippen molar-refractivity contribution in [2.75, 3.05) is 25.1 Å². The van der Waals surface area contributed by atoms with Gasteiger partial charge in [0, 0.05) is 48.8 Å². The van der Waals surface area contributed by atoms with Crippen molar-refractivity contribution in [3.8, 4) is 0 Å². The van der Waals surface area contributed by atoms with Crippen LogP contribution in [0, 0.1) is 6.92 Å². The molecule has 2 heterocycles. The summed E-state index contributed by atoms with van der Waals surface area (Å²) in [6, 6.07) is 7.74. The lowest BCUT2D eigenvalue weighted by Gasteiger charge is -2.08. The van der Waals surface area contributed by atoms with E-state index in [4.69, 9.17) is 4.74 Å². The fraction of sp³-hybridized carbons (Fsp3) is 0.429. The highest BCUT2D eigenvalue weighted by Gasteiger charge is 2.12. The minimum Gasteiger partial charge on any atom is -0.381 e. The van der Waals surface area contributed by atoms with Crippen molar-refractivity contribution in [1.29, 1.82) is 0 Å². The van der Waals surface area contributed by atoms with E-state index in [-0.39, 0.29) is 5.91 Å². The van der Waals surface area contributed by atoms with Gasteiger partial charge in [0.05, 0.1) is 11.4 Å². The van der Waals surface area contributed by atoms with E-state index >= 15 is 0 Å². The number of allylic oxidation sites excluding steroid dienone is 1. The molecule has 0 radical (unpaired) electrons. The first kappa shape index (κ1) is 27.1. The van der Waals surface area contributed by atoms with Crippen molar-refractivity contribution in [1.82, 2.24) is 20.3 Å². The number of amides is 1. The van der Waals surface area contributed by atoms with Crippen LogP contribution in [0.5, 0.6) is 0 Å². The van der Waals surface area contributed by atoms with E-state index in [1.165, 1.54) is 0 Å². The molecule has 3 rings (SSSR count). The number of aromatic amines is 1. The van der Waals surface area contributed by atoms with E-state index in [9.17, 15) is 4.79 Å². The third-order valence-electron chi connectivity index (χ3n) is 5.63. The largest absolute Gasteiger partial charge is 0.381 e. The number of hydrogen-bond acceptors (Lipinski definition) is 6. The maximum atomic E-state index is 12.7. The Morgan fingerprint density at radius 3 is 2.81 bits per heavy atom. The Morgan fingerprint density at radius 2 is 2.03 bits per heavy atom. The molecule has 0 aliphatic rings. The molecule has 0 aliphatic heterocycles. The summed E-state index contributed by atoms with van der Waals surface area (Å²) in [6.45, 7) is 10.4. The highest BCUT2D eigenvalue weighted by atomic mass is 16.5. The zero-order chi connectivity index (χ0) is 25.8. The summed E-state index contributed by atoms with van der Waals surface area (Å²) >= 11 is 0. The van der Waals surface area contributed by atoms with Crippen LogP contribution in [-0.4, -0.2) is 46.8 Å². The van der Waals surface area contributed by atoms with Gasteiger partial charge in [-0.2, -0.15) is 0 Å². The number of unbranched alkanes of at least 4 members (excludes halogenated alkanes) is 2. The summed E-state index contributed by atoms with van der Waals surface area (Å²) < 4.78 is 5.49. The van der Waals surface area contributed by atoms with Gasteiger partial charge in [-0.15, -0.1) is 0 Å². The van der Waals surface area contributed by atoms with Crippen LogP contribution < -0.4 is 10.6 Å². The molecule has 0 saturated carbocycles. The van der Waals surface area contributed by atoms with Gasteiger partial charge in [-0.25, -0.2) is 9.97 Å². The van der Waals surface area contributed by atoms with Gasteiger partial charge in [0.15, 0.2) is 0 Å². The first-order valence-electron chi connectivity index (χ1n) is 12.8. The summed E-state index contributed by atoms with van der Waals surface area (Å²) in [5, 5.41) is 7.25. The van der Waals surface area contributed by atoms with Crippen LogP contribution >= 0.6 is 0 Å². The first-order chi connectivity index (χ1) is 17.5. The van der Waals surface area contributed by atoms with Gasteiger partial charge < -0.3 is 20.4 Å². The number of ether oxygens (including phenoxy) is 1. The normalized spacial score (nSPS) is 11.9. The molecule has 8 nitrogen and oxygen atoms in total. The van der Waals surface area contributed by atoms with Crippen LogP contribution in [0.1, 0.15) is 74.6 Å². The Kier molecular flexibility index (Phi) is 10.6. The molecular weight excluding hydrogens is 452 g/mol. The number of aryl methyl sites for hydroxylation is 1. The molecule has 0 saturated heterocycles. The molecule has 2 aromatic heterocycles. The topological polar surface area (TPSA) is 104 Å². The fourth-order valence-electron chi connectivity index (χ4n) is 3.84. The van der Waals surface area contributed by atoms with Crippen molar-refractivity contribution >= 4 is 40.4 Å². The number of hydrogen-bond donors (Lipinski definition) is 3. The molecule has 0 unspecified atom stereocenters. The zero-order valence-corrected chi connectivity index (χ0v) is 21.9. The molecule has 36 heavy (non-hydrogen) atoms. The Labute approximate surface area is 213 Å². The van der Waals surface area contributed by atoms with Crippen LogP contribution in [-0.2, 0) is 4.74 Å². The molecule has 0 aliphatic carbocycles. The number of H-pyrrole nitrogens is 1. The fourth-order valence-corrected chi connectivity index (χ4v) is 3.84. The van der Waals surface area contributed by atoms with Gasteiger partial charge in [0.25, 0.3) is 5.91 Å². The second-order valence-corrected chi connectivity index (χ2v) is 8.65. The second-order valence-electron chi connectivity index (χ2n) is 8.65. The van der Waals surface area contributed by atoms with Crippen LogP contribution in [0.3, 0.4) is 0 Å². The Bertz CT molecular complexity index is 1200. The van der Waals surface area contributed by atoms with Crippen LogP contribution in [0.15, 0.2) is 41.5 Å². The van der Waals surface area contributed by atoms with Crippen molar-refractivity contribution in [3.05, 3.63) is 53.5 Å². The number of aliphatic imine (C=N–C) groups is 1. The molecule has 3 N–H and O–H groups in total. The van der Waals surface area contributed by atoms with E-state index in [1.54, 1.807) is 6.20 Å². The van der Waals surface area contributed by atoms with Crippen LogP contribution in [0.4, 0.5) is 11.6 Å². The van der Waals surface area contributed by atoms with E-state index < -0.39 is 0 Å². The van der Waals surface area contributed by atoms with Crippen molar-refractivity contribution in [3.63, 3.8) is 0 Å². The molecule has 8 heteroatoms.